The Hall–Kier alpha value is -0.320. The van der Waals surface area contributed by atoms with Gasteiger partial charge in [0.15, 0.2) is 0 Å². The Morgan fingerprint density at radius 1 is 1.33 bits per heavy atom. The minimum absolute atomic E-state index is 0.269. The van der Waals surface area contributed by atoms with Crippen LogP contribution in [0.5, 0.6) is 5.75 Å². The number of fused-ring (bicyclic) bond motifs is 1. The molecule has 1 unspecified atom stereocenters. The van der Waals surface area contributed by atoms with E-state index in [4.69, 9.17) is 4.74 Å². The number of benzene rings is 1. The molecule has 0 amide bonds. The second-order valence-corrected chi connectivity index (χ2v) is 5.98. The van der Waals surface area contributed by atoms with Crippen molar-refractivity contribution in [1.82, 2.24) is 0 Å². The molecule has 0 fully saturated rings. The number of aliphatic hydroxyl groups excluding tert-OH is 1. The highest BCUT2D eigenvalue weighted by Gasteiger charge is 2.43. The lowest BCUT2D eigenvalue weighted by Crippen LogP contribution is -2.39. The summed E-state index contributed by atoms with van der Waals surface area (Å²) in [6, 6.07) is 7.70. The molecule has 0 aliphatic carbocycles. The van der Waals surface area contributed by atoms with E-state index in [1.54, 1.807) is 23.5 Å². The molecule has 1 aromatic rings. The average molecular weight is 242 g/mol. The van der Waals surface area contributed by atoms with Crippen LogP contribution in [0.1, 0.15) is 11.7 Å². The van der Waals surface area contributed by atoms with Crippen LogP contribution < -0.4 is 4.74 Å². The number of aliphatic hydroxyl groups is 1. The van der Waals surface area contributed by atoms with Gasteiger partial charge in [0.05, 0.1) is 0 Å². The van der Waals surface area contributed by atoms with Crippen LogP contribution in [-0.2, 0) is 0 Å². The molecular weight excluding hydrogens is 228 g/mol. The topological polar surface area (TPSA) is 29.5 Å². The Morgan fingerprint density at radius 2 is 2.00 bits per heavy atom. The number of para-hydroxylation sites is 1. The second kappa shape index (κ2) is 4.28. The van der Waals surface area contributed by atoms with Gasteiger partial charge < -0.3 is 9.84 Å². The van der Waals surface area contributed by atoms with Crippen molar-refractivity contribution >= 4 is 23.5 Å². The summed E-state index contributed by atoms with van der Waals surface area (Å²) in [4.78, 5) is 0. The van der Waals surface area contributed by atoms with Crippen molar-refractivity contribution < 1.29 is 9.84 Å². The predicted octanol–water partition coefficient (Wildman–Crippen LogP) is 2.53. The van der Waals surface area contributed by atoms with E-state index in [0.717, 1.165) is 11.3 Å². The molecule has 1 aliphatic rings. The van der Waals surface area contributed by atoms with Gasteiger partial charge >= 0.3 is 0 Å². The zero-order valence-electron chi connectivity index (χ0n) is 8.77. The molecule has 1 aromatic carbocycles. The zero-order valence-corrected chi connectivity index (χ0v) is 10.4. The number of ether oxygens (including phenoxy) is 1. The lowest BCUT2D eigenvalue weighted by atomic mass is 10.0. The van der Waals surface area contributed by atoms with Gasteiger partial charge in [0.1, 0.15) is 22.5 Å². The number of rotatable bonds is 2. The molecule has 0 spiro atoms. The average Bonchev–Trinajstić information content (AvgIpc) is 2.31. The summed E-state index contributed by atoms with van der Waals surface area (Å²) < 4.78 is 5.42. The fourth-order valence-corrected chi connectivity index (χ4v) is 3.48. The van der Waals surface area contributed by atoms with E-state index in [2.05, 4.69) is 0 Å². The van der Waals surface area contributed by atoms with Gasteiger partial charge in [-0.3, -0.25) is 0 Å². The van der Waals surface area contributed by atoms with Gasteiger partial charge in [-0.2, -0.15) is 0 Å². The molecule has 4 heteroatoms. The van der Waals surface area contributed by atoms with Crippen molar-refractivity contribution in [3.63, 3.8) is 0 Å². The first kappa shape index (κ1) is 11.2. The summed E-state index contributed by atoms with van der Waals surface area (Å²) in [6.07, 6.45) is 3.56. The molecule has 82 valence electrons. The Morgan fingerprint density at radius 3 is 2.67 bits per heavy atom. The standard InChI is InChI=1S/C11H14O2S2/c1-14-11(15-2)7-13-9-6-4-3-5-8(9)10(11)12/h3-6,10,12H,7H2,1-2H3. The largest absolute Gasteiger partial charge is 0.491 e. The summed E-state index contributed by atoms with van der Waals surface area (Å²) in [6.45, 7) is 0.549. The molecule has 2 nitrogen and oxygen atoms in total. The van der Waals surface area contributed by atoms with Crippen LogP contribution in [0, 0.1) is 0 Å². The lowest BCUT2D eigenvalue weighted by Gasteiger charge is -2.39. The second-order valence-electron chi connectivity index (χ2n) is 3.45. The molecule has 15 heavy (non-hydrogen) atoms. The summed E-state index contributed by atoms with van der Waals surface area (Å²) in [5.74, 6) is 0.809. The molecule has 0 aromatic heterocycles. The van der Waals surface area contributed by atoms with Crippen molar-refractivity contribution in [2.24, 2.45) is 0 Å². The molecule has 2 rings (SSSR count). The van der Waals surface area contributed by atoms with Crippen molar-refractivity contribution in [2.45, 2.75) is 10.2 Å². The molecule has 0 saturated heterocycles. The third-order valence-electron chi connectivity index (χ3n) is 2.75. The maximum absolute atomic E-state index is 10.3. The van der Waals surface area contributed by atoms with Gasteiger partial charge in [-0.15, -0.1) is 23.5 Å². The monoisotopic (exact) mass is 242 g/mol. The van der Waals surface area contributed by atoms with Crippen molar-refractivity contribution in [3.05, 3.63) is 29.8 Å². The Balaban J connectivity index is 2.40. The predicted molar refractivity (Wildman–Crippen MR) is 66.7 cm³/mol. The van der Waals surface area contributed by atoms with Crippen LogP contribution in [0.2, 0.25) is 0 Å². The molecule has 0 radical (unpaired) electrons. The first-order valence-corrected chi connectivity index (χ1v) is 7.18. The molecule has 0 bridgehead atoms. The highest BCUT2D eigenvalue weighted by molar-refractivity contribution is 8.17. The van der Waals surface area contributed by atoms with Crippen LogP contribution in [0.4, 0.5) is 0 Å². The van der Waals surface area contributed by atoms with Crippen molar-refractivity contribution in [3.8, 4) is 5.75 Å². The third-order valence-corrected chi connectivity index (χ3v) is 5.81. The van der Waals surface area contributed by atoms with E-state index in [9.17, 15) is 5.11 Å². The van der Waals surface area contributed by atoms with E-state index in [0.29, 0.717) is 6.61 Å². The maximum Gasteiger partial charge on any atom is 0.125 e. The van der Waals surface area contributed by atoms with Crippen LogP contribution in [0.25, 0.3) is 0 Å². The quantitative estimate of drug-likeness (QED) is 0.807. The highest BCUT2D eigenvalue weighted by atomic mass is 32.2. The Labute approximate surface area is 98.4 Å². The first-order valence-electron chi connectivity index (χ1n) is 4.73. The fraction of sp³-hybridized carbons (Fsp3) is 0.455. The van der Waals surface area contributed by atoms with Gasteiger partial charge in [0.25, 0.3) is 0 Å². The highest BCUT2D eigenvalue weighted by Crippen LogP contribution is 2.49. The molecule has 1 aliphatic heterocycles. The van der Waals surface area contributed by atoms with Gasteiger partial charge in [0, 0.05) is 5.56 Å². The number of hydrogen-bond donors (Lipinski definition) is 1. The smallest absolute Gasteiger partial charge is 0.125 e. The maximum atomic E-state index is 10.3. The molecule has 1 atom stereocenters. The molecule has 1 N–H and O–H groups in total. The lowest BCUT2D eigenvalue weighted by molar-refractivity contribution is 0.110. The Kier molecular flexibility index (Phi) is 3.19. The van der Waals surface area contributed by atoms with Gasteiger partial charge in [-0.25, -0.2) is 0 Å². The van der Waals surface area contributed by atoms with E-state index in [-0.39, 0.29) is 4.08 Å². The van der Waals surface area contributed by atoms with E-state index < -0.39 is 6.10 Å². The van der Waals surface area contributed by atoms with Crippen LogP contribution in [0.15, 0.2) is 24.3 Å². The van der Waals surface area contributed by atoms with E-state index in [1.807, 2.05) is 36.8 Å². The molecule has 0 saturated carbocycles. The zero-order chi connectivity index (χ0) is 10.9. The first-order chi connectivity index (χ1) is 7.23. The summed E-state index contributed by atoms with van der Waals surface area (Å²) in [7, 11) is 0. The fourth-order valence-electron chi connectivity index (χ4n) is 1.76. The molecule has 1 heterocycles. The summed E-state index contributed by atoms with van der Waals surface area (Å²) >= 11 is 3.31. The normalized spacial score (nSPS) is 23.0. The Bertz CT molecular complexity index is 350. The van der Waals surface area contributed by atoms with E-state index >= 15 is 0 Å². The summed E-state index contributed by atoms with van der Waals surface area (Å²) in [5.41, 5.74) is 0.896. The summed E-state index contributed by atoms with van der Waals surface area (Å²) in [5, 5.41) is 10.3. The van der Waals surface area contributed by atoms with Crippen LogP contribution in [0.3, 0.4) is 0 Å². The number of hydrogen-bond acceptors (Lipinski definition) is 4. The van der Waals surface area contributed by atoms with Gasteiger partial charge in [0.2, 0.25) is 0 Å². The van der Waals surface area contributed by atoms with Crippen LogP contribution in [-0.4, -0.2) is 28.3 Å². The van der Waals surface area contributed by atoms with Crippen molar-refractivity contribution in [2.75, 3.05) is 19.1 Å². The van der Waals surface area contributed by atoms with Gasteiger partial charge in [-0.05, 0) is 18.6 Å². The van der Waals surface area contributed by atoms with Crippen LogP contribution >= 0.6 is 23.5 Å². The SMILES string of the molecule is CSC1(SC)COc2ccccc2C1O. The number of thioether (sulfide) groups is 2. The minimum atomic E-state index is -0.465. The molecular formula is C11H14O2S2. The third kappa shape index (κ3) is 1.75. The minimum Gasteiger partial charge on any atom is -0.491 e. The van der Waals surface area contributed by atoms with E-state index in [1.165, 1.54) is 0 Å². The van der Waals surface area contributed by atoms with Gasteiger partial charge in [-0.1, -0.05) is 18.2 Å². The van der Waals surface area contributed by atoms with Crippen molar-refractivity contribution in [1.29, 1.82) is 0 Å².